The minimum atomic E-state index is -0.732. The van der Waals surface area contributed by atoms with Crippen molar-refractivity contribution in [2.75, 3.05) is 41.9 Å². The highest BCUT2D eigenvalue weighted by Crippen LogP contribution is 2.29. The summed E-state index contributed by atoms with van der Waals surface area (Å²) in [6.45, 7) is 14.2. The number of rotatable bonds is 17. The molecule has 11 nitrogen and oxygen atoms in total. The van der Waals surface area contributed by atoms with Crippen LogP contribution < -0.4 is 11.1 Å². The van der Waals surface area contributed by atoms with Crippen molar-refractivity contribution in [3.8, 4) is 0 Å². The molecule has 1 heterocycles. The van der Waals surface area contributed by atoms with Crippen LogP contribution in [0.1, 0.15) is 74.1 Å². The Hall–Kier alpha value is -2.24. The van der Waals surface area contributed by atoms with Crippen LogP contribution in [0.4, 0.5) is 0 Å². The Morgan fingerprint density at radius 1 is 0.976 bits per heavy atom. The molecule has 244 valence electrons. The maximum absolute atomic E-state index is 14.0. The zero-order chi connectivity index (χ0) is 32.5. The third-order valence-corrected chi connectivity index (χ3v) is 8.98. The first-order chi connectivity index (χ1) is 19.5. The number of nitrogens with two attached hydrogens (primary N) is 1. The first-order valence-electron chi connectivity index (χ1n) is 15.4. The molecule has 11 heteroatoms. The highest BCUT2D eigenvalue weighted by Gasteiger charge is 2.42. The molecular formula is C31H59N5O6. The van der Waals surface area contributed by atoms with Gasteiger partial charge < -0.3 is 30.3 Å². The maximum atomic E-state index is 14.0. The van der Waals surface area contributed by atoms with Crippen molar-refractivity contribution >= 4 is 23.6 Å². The van der Waals surface area contributed by atoms with Crippen LogP contribution in [0.2, 0.25) is 0 Å². The van der Waals surface area contributed by atoms with Gasteiger partial charge in [-0.25, -0.2) is 0 Å². The first kappa shape index (κ1) is 37.8. The first-order valence-corrected chi connectivity index (χ1v) is 15.4. The summed E-state index contributed by atoms with van der Waals surface area (Å²) in [5.41, 5.74) is 5.57. The van der Waals surface area contributed by atoms with Crippen molar-refractivity contribution in [2.24, 2.45) is 29.4 Å². The van der Waals surface area contributed by atoms with E-state index >= 15 is 0 Å². The van der Waals surface area contributed by atoms with E-state index in [-0.39, 0.29) is 54.0 Å². The fraction of sp³-hybridized carbons (Fsp3) is 0.871. The van der Waals surface area contributed by atoms with Gasteiger partial charge in [-0.1, -0.05) is 54.9 Å². The highest BCUT2D eigenvalue weighted by atomic mass is 16.5. The van der Waals surface area contributed by atoms with Gasteiger partial charge in [-0.15, -0.1) is 0 Å². The third kappa shape index (κ3) is 9.38. The number of ether oxygens (including phenoxy) is 2. The van der Waals surface area contributed by atoms with Crippen LogP contribution >= 0.6 is 0 Å². The lowest BCUT2D eigenvalue weighted by Crippen LogP contribution is -2.59. The number of carbonyl (C=O) groups is 4. The van der Waals surface area contributed by atoms with Gasteiger partial charge in [0.05, 0.1) is 42.7 Å². The van der Waals surface area contributed by atoms with Gasteiger partial charge in [0.25, 0.3) is 0 Å². The van der Waals surface area contributed by atoms with Crippen LogP contribution in [-0.4, -0.2) is 117 Å². The van der Waals surface area contributed by atoms with E-state index < -0.39 is 36.1 Å². The molecule has 1 aliphatic rings. The van der Waals surface area contributed by atoms with E-state index in [2.05, 4.69) is 5.32 Å². The van der Waals surface area contributed by atoms with Crippen molar-refractivity contribution < 1.29 is 28.7 Å². The standard InChI is InChI=1S/C31H59N5O6/c1-13-20(6)27(35(10)31(40)25(18(2)3)33-30(39)26(19(4)5)34(8)9)23(41-11)17-24(37)36-16-14-15-22(36)28(42-12)21(7)29(32)38/h18-23,25-28H,13-17H2,1-12H3,(H2,32,38)(H,33,39)/t20-,21+,22-,23+,25-,26-,27-,28+/m0/s1. The summed E-state index contributed by atoms with van der Waals surface area (Å²) in [4.78, 5) is 58.3. The number of nitrogens with zero attached hydrogens (tertiary/aromatic N) is 3. The average Bonchev–Trinajstić information content (AvgIpc) is 3.39. The van der Waals surface area contributed by atoms with Crippen molar-refractivity contribution in [2.45, 2.75) is 111 Å². The number of likely N-dealkylation sites (tertiary alicyclic amines) is 1. The summed E-state index contributed by atoms with van der Waals surface area (Å²) in [7, 11) is 8.55. The second-order valence-electron chi connectivity index (χ2n) is 12.9. The molecule has 8 atom stereocenters. The van der Waals surface area contributed by atoms with E-state index in [4.69, 9.17) is 15.2 Å². The molecule has 1 fully saturated rings. The molecule has 0 aromatic heterocycles. The lowest BCUT2D eigenvalue weighted by molar-refractivity contribution is -0.147. The van der Waals surface area contributed by atoms with Crippen LogP contribution in [0.15, 0.2) is 0 Å². The van der Waals surface area contributed by atoms with E-state index in [1.807, 2.05) is 60.5 Å². The largest absolute Gasteiger partial charge is 0.379 e. The normalized spacial score (nSPS) is 20.6. The van der Waals surface area contributed by atoms with Crippen LogP contribution in [0.25, 0.3) is 0 Å². The maximum Gasteiger partial charge on any atom is 0.245 e. The van der Waals surface area contributed by atoms with Gasteiger partial charge in [-0.2, -0.15) is 0 Å². The fourth-order valence-corrected chi connectivity index (χ4v) is 6.42. The SMILES string of the molecule is CC[C@H](C)[C@@H]([C@@H](CC(=O)N1CCC[C@H]1[C@H](OC)[C@@H](C)C(N)=O)OC)N(C)C(=O)[C@@H](NC(=O)[C@H](C(C)C)N(C)C)C(C)C. The van der Waals surface area contributed by atoms with Crippen molar-refractivity contribution in [3.05, 3.63) is 0 Å². The Balaban J connectivity index is 3.26. The van der Waals surface area contributed by atoms with E-state index in [0.29, 0.717) is 13.0 Å². The Morgan fingerprint density at radius 3 is 2.00 bits per heavy atom. The summed E-state index contributed by atoms with van der Waals surface area (Å²) in [5, 5.41) is 3.02. The third-order valence-electron chi connectivity index (χ3n) is 8.98. The Bertz CT molecular complexity index is 889. The Kier molecular flexibility index (Phi) is 15.4. The van der Waals surface area contributed by atoms with Gasteiger partial charge in [-0.3, -0.25) is 24.1 Å². The van der Waals surface area contributed by atoms with E-state index in [1.54, 1.807) is 30.9 Å². The van der Waals surface area contributed by atoms with Crippen molar-refractivity contribution in [1.82, 2.24) is 20.0 Å². The summed E-state index contributed by atoms with van der Waals surface area (Å²) in [5.74, 6) is -1.60. The molecule has 0 unspecified atom stereocenters. The quantitative estimate of drug-likeness (QED) is 0.262. The second kappa shape index (κ2) is 17.2. The second-order valence-corrected chi connectivity index (χ2v) is 12.9. The predicted molar refractivity (Wildman–Crippen MR) is 164 cm³/mol. The number of amides is 4. The van der Waals surface area contributed by atoms with E-state index in [1.165, 1.54) is 7.11 Å². The van der Waals surface area contributed by atoms with Crippen LogP contribution in [-0.2, 0) is 28.7 Å². The molecule has 1 rings (SSSR count). The summed E-state index contributed by atoms with van der Waals surface area (Å²) in [6.07, 6.45) is 1.26. The molecule has 0 aliphatic carbocycles. The number of methoxy groups -OCH3 is 2. The number of carbonyl (C=O) groups excluding carboxylic acids is 4. The molecule has 0 aromatic rings. The summed E-state index contributed by atoms with van der Waals surface area (Å²) >= 11 is 0. The zero-order valence-corrected chi connectivity index (χ0v) is 28.2. The molecular weight excluding hydrogens is 538 g/mol. The van der Waals surface area contributed by atoms with Crippen molar-refractivity contribution in [3.63, 3.8) is 0 Å². The van der Waals surface area contributed by atoms with E-state index in [0.717, 1.165) is 12.8 Å². The molecule has 3 N–H and O–H groups in total. The van der Waals surface area contributed by atoms with Gasteiger partial charge in [0, 0.05) is 27.8 Å². The lowest BCUT2D eigenvalue weighted by atomic mass is 9.89. The van der Waals surface area contributed by atoms with Crippen LogP contribution in [0.3, 0.4) is 0 Å². The van der Waals surface area contributed by atoms with E-state index in [9.17, 15) is 19.2 Å². The fourth-order valence-electron chi connectivity index (χ4n) is 6.42. The van der Waals surface area contributed by atoms with Gasteiger partial charge in [0.15, 0.2) is 0 Å². The Morgan fingerprint density at radius 2 is 1.57 bits per heavy atom. The minimum Gasteiger partial charge on any atom is -0.379 e. The monoisotopic (exact) mass is 597 g/mol. The van der Waals surface area contributed by atoms with Gasteiger partial charge >= 0.3 is 0 Å². The number of primary amides is 1. The van der Waals surface area contributed by atoms with Crippen LogP contribution in [0.5, 0.6) is 0 Å². The predicted octanol–water partition coefficient (Wildman–Crippen LogP) is 2.12. The van der Waals surface area contributed by atoms with Crippen LogP contribution in [0, 0.1) is 23.7 Å². The molecule has 0 aromatic carbocycles. The number of hydrogen-bond acceptors (Lipinski definition) is 7. The van der Waals surface area contributed by atoms with Crippen molar-refractivity contribution in [1.29, 1.82) is 0 Å². The smallest absolute Gasteiger partial charge is 0.245 e. The summed E-state index contributed by atoms with van der Waals surface area (Å²) < 4.78 is 11.6. The minimum absolute atomic E-state index is 0.0152. The number of nitrogens with one attached hydrogen (secondary N) is 1. The number of hydrogen-bond donors (Lipinski definition) is 2. The van der Waals surface area contributed by atoms with Gasteiger partial charge in [-0.05, 0) is 44.7 Å². The number of likely N-dealkylation sites (N-methyl/N-ethyl adjacent to an activating group) is 2. The molecule has 0 radical (unpaired) electrons. The molecule has 42 heavy (non-hydrogen) atoms. The highest BCUT2D eigenvalue weighted by molar-refractivity contribution is 5.90. The van der Waals surface area contributed by atoms with Gasteiger partial charge in [0.2, 0.25) is 23.6 Å². The molecule has 1 aliphatic heterocycles. The average molecular weight is 598 g/mol. The summed E-state index contributed by atoms with van der Waals surface area (Å²) in [6, 6.07) is -1.78. The molecule has 0 spiro atoms. The van der Waals surface area contributed by atoms with Gasteiger partial charge in [0.1, 0.15) is 6.04 Å². The Labute approximate surface area is 254 Å². The molecule has 0 bridgehead atoms. The lowest BCUT2D eigenvalue weighted by Gasteiger charge is -2.41. The molecule has 1 saturated heterocycles. The molecule has 0 saturated carbocycles. The molecule has 4 amide bonds. The zero-order valence-electron chi connectivity index (χ0n) is 28.2. The topological polar surface area (TPSA) is 135 Å².